The van der Waals surface area contributed by atoms with E-state index in [1.807, 2.05) is 0 Å². The molecule has 5 nitrogen and oxygen atoms in total. The van der Waals surface area contributed by atoms with Gasteiger partial charge < -0.3 is 10.2 Å². The molecule has 3 aromatic rings. The lowest BCUT2D eigenvalue weighted by atomic mass is 10.2. The summed E-state index contributed by atoms with van der Waals surface area (Å²) in [7, 11) is 0. The SMILES string of the molecule is O=C(NCCCN1c2ccccc2Sc2ccccc21)c1csnn1. The van der Waals surface area contributed by atoms with E-state index in [0.29, 0.717) is 12.2 Å². The van der Waals surface area contributed by atoms with Crippen molar-refractivity contribution in [2.24, 2.45) is 0 Å². The number of amides is 1. The fraction of sp³-hybridized carbons (Fsp3) is 0.167. The Hall–Kier alpha value is -2.38. The average Bonchev–Trinajstić information content (AvgIpc) is 3.19. The Morgan fingerprint density at radius 2 is 1.72 bits per heavy atom. The fourth-order valence-corrected chi connectivity index (χ4v) is 4.35. The van der Waals surface area contributed by atoms with Crippen LogP contribution in [0.4, 0.5) is 11.4 Å². The molecule has 0 spiro atoms. The molecule has 25 heavy (non-hydrogen) atoms. The van der Waals surface area contributed by atoms with Crippen LogP contribution < -0.4 is 10.2 Å². The zero-order valence-corrected chi connectivity index (χ0v) is 15.0. The summed E-state index contributed by atoms with van der Waals surface area (Å²) in [5, 5.41) is 8.35. The van der Waals surface area contributed by atoms with Gasteiger partial charge in [0.2, 0.25) is 0 Å². The van der Waals surface area contributed by atoms with Crippen molar-refractivity contribution in [2.75, 3.05) is 18.0 Å². The first-order valence-electron chi connectivity index (χ1n) is 8.01. The van der Waals surface area contributed by atoms with Crippen molar-refractivity contribution < 1.29 is 4.79 Å². The maximum absolute atomic E-state index is 11.9. The van der Waals surface area contributed by atoms with E-state index in [-0.39, 0.29) is 5.91 Å². The second kappa shape index (κ2) is 7.25. The summed E-state index contributed by atoms with van der Waals surface area (Å²) in [5.74, 6) is -0.163. The quantitative estimate of drug-likeness (QED) is 0.691. The second-order valence-corrected chi connectivity index (χ2v) is 7.28. The molecule has 1 amide bonds. The Kier molecular flexibility index (Phi) is 4.67. The Morgan fingerprint density at radius 1 is 1.04 bits per heavy atom. The molecule has 1 N–H and O–H groups in total. The number of hydrogen-bond donors (Lipinski definition) is 1. The highest BCUT2D eigenvalue weighted by atomic mass is 32.2. The molecule has 0 unspecified atom stereocenters. The topological polar surface area (TPSA) is 58.1 Å². The largest absolute Gasteiger partial charge is 0.351 e. The van der Waals surface area contributed by atoms with Crippen LogP contribution in [-0.4, -0.2) is 28.6 Å². The molecule has 1 aliphatic rings. The van der Waals surface area contributed by atoms with Crippen LogP contribution in [0.2, 0.25) is 0 Å². The molecular formula is C18H16N4OS2. The zero-order valence-electron chi connectivity index (χ0n) is 13.4. The zero-order chi connectivity index (χ0) is 17.1. The summed E-state index contributed by atoms with van der Waals surface area (Å²) in [6, 6.07) is 16.9. The summed E-state index contributed by atoms with van der Waals surface area (Å²) < 4.78 is 3.72. The fourth-order valence-electron chi connectivity index (χ4n) is 2.82. The number of fused-ring (bicyclic) bond motifs is 2. The highest BCUT2D eigenvalue weighted by Crippen LogP contribution is 2.47. The molecule has 126 valence electrons. The summed E-state index contributed by atoms with van der Waals surface area (Å²) in [6.07, 6.45) is 0.844. The van der Waals surface area contributed by atoms with Crippen LogP contribution >= 0.6 is 23.3 Å². The molecule has 0 saturated heterocycles. The lowest BCUT2D eigenvalue weighted by Gasteiger charge is -2.32. The summed E-state index contributed by atoms with van der Waals surface area (Å²) in [4.78, 5) is 16.8. The monoisotopic (exact) mass is 368 g/mol. The van der Waals surface area contributed by atoms with E-state index < -0.39 is 0 Å². The van der Waals surface area contributed by atoms with Gasteiger partial charge in [-0.2, -0.15) is 0 Å². The van der Waals surface area contributed by atoms with Crippen LogP contribution in [0.1, 0.15) is 16.9 Å². The second-order valence-electron chi connectivity index (χ2n) is 5.59. The molecule has 0 bridgehead atoms. The minimum absolute atomic E-state index is 0.163. The maximum Gasteiger partial charge on any atom is 0.272 e. The lowest BCUT2D eigenvalue weighted by Crippen LogP contribution is -2.29. The molecule has 0 saturated carbocycles. The number of carbonyl (C=O) groups excluding carboxylic acids is 1. The van der Waals surface area contributed by atoms with Gasteiger partial charge in [0.25, 0.3) is 5.91 Å². The molecule has 1 aromatic heterocycles. The van der Waals surface area contributed by atoms with Crippen molar-refractivity contribution in [3.8, 4) is 0 Å². The van der Waals surface area contributed by atoms with Crippen LogP contribution in [0.15, 0.2) is 63.7 Å². The molecule has 1 aliphatic heterocycles. The molecule has 0 fully saturated rings. The molecule has 0 radical (unpaired) electrons. The van der Waals surface area contributed by atoms with Gasteiger partial charge in [-0.3, -0.25) is 4.79 Å². The lowest BCUT2D eigenvalue weighted by molar-refractivity contribution is 0.0948. The summed E-state index contributed by atoms with van der Waals surface area (Å²) >= 11 is 2.99. The highest BCUT2D eigenvalue weighted by molar-refractivity contribution is 7.99. The van der Waals surface area contributed by atoms with Gasteiger partial charge in [-0.25, -0.2) is 0 Å². The highest BCUT2D eigenvalue weighted by Gasteiger charge is 2.22. The van der Waals surface area contributed by atoms with Crippen molar-refractivity contribution >= 4 is 40.6 Å². The maximum atomic E-state index is 11.9. The van der Waals surface area contributed by atoms with Crippen molar-refractivity contribution in [2.45, 2.75) is 16.2 Å². The minimum atomic E-state index is -0.163. The van der Waals surface area contributed by atoms with Crippen molar-refractivity contribution in [3.05, 3.63) is 59.6 Å². The predicted octanol–water partition coefficient (Wildman–Crippen LogP) is 3.96. The molecule has 2 aromatic carbocycles. The normalized spacial score (nSPS) is 12.4. The Labute approximate surface area is 154 Å². The summed E-state index contributed by atoms with van der Waals surface area (Å²) in [6.45, 7) is 1.44. The van der Waals surface area contributed by atoms with E-state index in [1.165, 1.54) is 32.7 Å². The van der Waals surface area contributed by atoms with Crippen LogP contribution in [0.5, 0.6) is 0 Å². The van der Waals surface area contributed by atoms with Crippen molar-refractivity contribution in [1.82, 2.24) is 14.9 Å². The number of carbonyl (C=O) groups is 1. The van der Waals surface area contributed by atoms with E-state index in [4.69, 9.17) is 0 Å². The molecule has 2 heterocycles. The van der Waals surface area contributed by atoms with Crippen LogP contribution in [0, 0.1) is 0 Å². The number of hydrogen-bond acceptors (Lipinski definition) is 6. The van der Waals surface area contributed by atoms with Gasteiger partial charge in [0, 0.05) is 28.3 Å². The van der Waals surface area contributed by atoms with E-state index >= 15 is 0 Å². The number of rotatable bonds is 5. The molecule has 0 aliphatic carbocycles. The number of para-hydroxylation sites is 2. The Balaban J connectivity index is 1.44. The third-order valence-electron chi connectivity index (χ3n) is 3.97. The van der Waals surface area contributed by atoms with Crippen LogP contribution in [0.3, 0.4) is 0 Å². The average molecular weight is 368 g/mol. The molecule has 0 atom stereocenters. The predicted molar refractivity (Wildman–Crippen MR) is 101 cm³/mol. The van der Waals surface area contributed by atoms with Gasteiger partial charge in [-0.15, -0.1) is 5.10 Å². The summed E-state index contributed by atoms with van der Waals surface area (Å²) in [5.41, 5.74) is 2.83. The van der Waals surface area contributed by atoms with Gasteiger partial charge in [-0.05, 0) is 42.2 Å². The Morgan fingerprint density at radius 3 is 2.36 bits per heavy atom. The number of anilines is 2. The van der Waals surface area contributed by atoms with E-state index in [0.717, 1.165) is 13.0 Å². The standard InChI is InChI=1S/C18H16N4OS2/c23-18(13-12-24-21-20-13)19-10-5-11-22-14-6-1-3-8-16(14)25-17-9-4-2-7-15(17)22/h1-4,6-9,12H,5,10-11H2,(H,19,23). The first kappa shape index (κ1) is 16.1. The van der Waals surface area contributed by atoms with Crippen LogP contribution in [0.25, 0.3) is 0 Å². The smallest absolute Gasteiger partial charge is 0.272 e. The Bertz CT molecular complexity index is 837. The third kappa shape index (κ3) is 3.38. The van der Waals surface area contributed by atoms with Crippen molar-refractivity contribution in [3.63, 3.8) is 0 Å². The van der Waals surface area contributed by atoms with Gasteiger partial charge in [0.15, 0.2) is 5.69 Å². The third-order valence-corrected chi connectivity index (χ3v) is 5.60. The van der Waals surface area contributed by atoms with E-state index in [1.54, 1.807) is 17.1 Å². The number of benzene rings is 2. The van der Waals surface area contributed by atoms with E-state index in [2.05, 4.69) is 68.3 Å². The number of nitrogens with zero attached hydrogens (tertiary/aromatic N) is 3. The van der Waals surface area contributed by atoms with Crippen molar-refractivity contribution in [1.29, 1.82) is 0 Å². The number of aromatic nitrogens is 2. The van der Waals surface area contributed by atoms with E-state index in [9.17, 15) is 4.79 Å². The van der Waals surface area contributed by atoms with Crippen LogP contribution in [-0.2, 0) is 0 Å². The molecule has 4 rings (SSSR count). The molecule has 7 heteroatoms. The first-order valence-corrected chi connectivity index (χ1v) is 9.67. The minimum Gasteiger partial charge on any atom is -0.351 e. The van der Waals surface area contributed by atoms with Gasteiger partial charge in [0.1, 0.15) is 0 Å². The molecular weight excluding hydrogens is 352 g/mol. The van der Waals surface area contributed by atoms with Gasteiger partial charge in [-0.1, -0.05) is 40.5 Å². The van der Waals surface area contributed by atoms with Gasteiger partial charge in [0.05, 0.1) is 11.4 Å². The number of nitrogens with one attached hydrogen (secondary N) is 1. The van der Waals surface area contributed by atoms with Gasteiger partial charge >= 0.3 is 0 Å². The first-order chi connectivity index (χ1) is 12.3.